The van der Waals surface area contributed by atoms with E-state index >= 15 is 0 Å². The molecule has 0 bridgehead atoms. The van der Waals surface area contributed by atoms with Crippen LogP contribution in [-0.4, -0.2) is 11.4 Å². The molecule has 1 aromatic rings. The fraction of sp³-hybridized carbons (Fsp3) is 0.400. The van der Waals surface area contributed by atoms with Crippen molar-refractivity contribution in [2.75, 3.05) is 0 Å². The van der Waals surface area contributed by atoms with Crippen LogP contribution >= 0.6 is 0 Å². The quantitative estimate of drug-likeness (QED) is 0.593. The van der Waals surface area contributed by atoms with Gasteiger partial charge < -0.3 is 0 Å². The standard InChI is InChI=1S/C15H18O3/c1-14(2,3)17-18-15(4)12-8-6-5-7-11(12)9-10-13(15)16/h5-10H,1-4H3. The molecule has 0 aromatic heterocycles. The van der Waals surface area contributed by atoms with Gasteiger partial charge in [-0.25, -0.2) is 9.78 Å². The molecule has 1 aliphatic rings. The summed E-state index contributed by atoms with van der Waals surface area (Å²) in [5, 5.41) is 0. The molecule has 0 spiro atoms. The highest BCUT2D eigenvalue weighted by Crippen LogP contribution is 2.35. The Hall–Kier alpha value is -1.45. The maximum Gasteiger partial charge on any atom is 0.195 e. The van der Waals surface area contributed by atoms with Crippen molar-refractivity contribution in [1.82, 2.24) is 0 Å². The molecule has 18 heavy (non-hydrogen) atoms. The summed E-state index contributed by atoms with van der Waals surface area (Å²) in [6, 6.07) is 7.67. The second-order valence-corrected chi connectivity index (χ2v) is 5.60. The Balaban J connectivity index is 2.36. The zero-order valence-electron chi connectivity index (χ0n) is 11.2. The van der Waals surface area contributed by atoms with Crippen molar-refractivity contribution in [1.29, 1.82) is 0 Å². The molecule has 1 atom stereocenters. The normalized spacial score (nSPS) is 23.0. The van der Waals surface area contributed by atoms with Gasteiger partial charge in [-0.15, -0.1) is 0 Å². The summed E-state index contributed by atoms with van der Waals surface area (Å²) in [6.45, 7) is 7.38. The van der Waals surface area contributed by atoms with Gasteiger partial charge in [0.05, 0.1) is 5.60 Å². The van der Waals surface area contributed by atoms with E-state index in [0.29, 0.717) is 0 Å². The van der Waals surface area contributed by atoms with Crippen molar-refractivity contribution >= 4 is 11.9 Å². The second kappa shape index (κ2) is 4.34. The van der Waals surface area contributed by atoms with Crippen molar-refractivity contribution in [3.63, 3.8) is 0 Å². The van der Waals surface area contributed by atoms with Crippen LogP contribution in [0.1, 0.15) is 38.8 Å². The molecule has 0 aliphatic heterocycles. The highest BCUT2D eigenvalue weighted by Gasteiger charge is 2.40. The van der Waals surface area contributed by atoms with Crippen LogP contribution in [0.4, 0.5) is 0 Å². The molecule has 1 unspecified atom stereocenters. The second-order valence-electron chi connectivity index (χ2n) is 5.60. The van der Waals surface area contributed by atoms with Crippen LogP contribution in [0, 0.1) is 0 Å². The molecule has 2 rings (SSSR count). The van der Waals surface area contributed by atoms with Crippen LogP contribution < -0.4 is 0 Å². The van der Waals surface area contributed by atoms with Gasteiger partial charge in [0.15, 0.2) is 11.4 Å². The Morgan fingerprint density at radius 3 is 2.44 bits per heavy atom. The SMILES string of the molecule is CC(C)(C)OOC1(C)C(=O)C=Cc2ccccc21. The summed E-state index contributed by atoms with van der Waals surface area (Å²) in [5.41, 5.74) is 0.289. The van der Waals surface area contributed by atoms with Gasteiger partial charge in [0.25, 0.3) is 0 Å². The van der Waals surface area contributed by atoms with Crippen molar-refractivity contribution in [3.05, 3.63) is 41.5 Å². The number of carbonyl (C=O) groups excluding carboxylic acids is 1. The molecule has 3 nitrogen and oxygen atoms in total. The van der Waals surface area contributed by atoms with Crippen molar-refractivity contribution in [2.24, 2.45) is 0 Å². The van der Waals surface area contributed by atoms with E-state index in [1.807, 2.05) is 45.0 Å². The lowest BCUT2D eigenvalue weighted by molar-refractivity contribution is -0.394. The number of carbonyl (C=O) groups is 1. The number of benzene rings is 1. The molecule has 0 radical (unpaired) electrons. The smallest absolute Gasteiger partial charge is 0.195 e. The lowest BCUT2D eigenvalue weighted by Crippen LogP contribution is -2.39. The van der Waals surface area contributed by atoms with Crippen LogP contribution in [0.3, 0.4) is 0 Å². The lowest BCUT2D eigenvalue weighted by atomic mass is 9.83. The number of hydrogen-bond acceptors (Lipinski definition) is 3. The van der Waals surface area contributed by atoms with Gasteiger partial charge in [0.2, 0.25) is 0 Å². The highest BCUT2D eigenvalue weighted by atomic mass is 17.2. The van der Waals surface area contributed by atoms with Crippen molar-refractivity contribution in [2.45, 2.75) is 38.9 Å². The van der Waals surface area contributed by atoms with E-state index in [9.17, 15) is 4.79 Å². The summed E-state index contributed by atoms with van der Waals surface area (Å²) in [5.74, 6) is -0.106. The summed E-state index contributed by atoms with van der Waals surface area (Å²) in [4.78, 5) is 22.9. The van der Waals surface area contributed by atoms with E-state index in [0.717, 1.165) is 11.1 Å². The summed E-state index contributed by atoms with van der Waals surface area (Å²) < 4.78 is 0. The molecule has 0 heterocycles. The molecule has 0 N–H and O–H groups in total. The summed E-state index contributed by atoms with van der Waals surface area (Å²) >= 11 is 0. The first-order chi connectivity index (χ1) is 8.33. The minimum Gasteiger partial charge on any atom is -0.291 e. The third-order valence-electron chi connectivity index (χ3n) is 2.82. The number of ketones is 1. The Labute approximate surface area is 107 Å². The number of hydrogen-bond donors (Lipinski definition) is 0. The molecule has 1 aromatic carbocycles. The zero-order valence-corrected chi connectivity index (χ0v) is 11.2. The summed E-state index contributed by atoms with van der Waals surface area (Å²) in [6.07, 6.45) is 3.34. The van der Waals surface area contributed by atoms with Gasteiger partial charge in [0, 0.05) is 5.56 Å². The summed E-state index contributed by atoms with van der Waals surface area (Å²) in [7, 11) is 0. The van der Waals surface area contributed by atoms with E-state index in [1.165, 1.54) is 6.08 Å². The Morgan fingerprint density at radius 1 is 1.11 bits per heavy atom. The first kappa shape index (κ1) is 13.0. The van der Waals surface area contributed by atoms with Gasteiger partial charge in [-0.1, -0.05) is 30.3 Å². The maximum absolute atomic E-state index is 12.1. The van der Waals surface area contributed by atoms with Gasteiger partial charge in [-0.2, -0.15) is 0 Å². The van der Waals surface area contributed by atoms with Crippen molar-refractivity contribution < 1.29 is 14.6 Å². The van der Waals surface area contributed by atoms with E-state index in [4.69, 9.17) is 9.78 Å². The van der Waals surface area contributed by atoms with Crippen LogP contribution in [0.5, 0.6) is 0 Å². The molecule has 0 fully saturated rings. The monoisotopic (exact) mass is 246 g/mol. The largest absolute Gasteiger partial charge is 0.291 e. The molecule has 0 amide bonds. The fourth-order valence-electron chi connectivity index (χ4n) is 1.83. The molecule has 0 saturated heterocycles. The first-order valence-corrected chi connectivity index (χ1v) is 6.02. The maximum atomic E-state index is 12.1. The van der Waals surface area contributed by atoms with E-state index in [1.54, 1.807) is 13.0 Å². The fourth-order valence-corrected chi connectivity index (χ4v) is 1.83. The number of rotatable bonds is 2. The molecule has 96 valence electrons. The lowest BCUT2D eigenvalue weighted by Gasteiger charge is -2.32. The van der Waals surface area contributed by atoms with Gasteiger partial charge in [-0.3, -0.25) is 4.79 Å². The molecular formula is C15H18O3. The van der Waals surface area contributed by atoms with Crippen molar-refractivity contribution in [3.8, 4) is 0 Å². The van der Waals surface area contributed by atoms with Crippen LogP contribution in [0.25, 0.3) is 6.08 Å². The predicted octanol–water partition coefficient (Wildman–Crippen LogP) is 3.24. The minimum absolute atomic E-state index is 0.106. The zero-order chi connectivity index (χ0) is 13.4. The number of fused-ring (bicyclic) bond motifs is 1. The molecule has 3 heteroatoms. The Kier molecular flexibility index (Phi) is 3.13. The average Bonchev–Trinajstić information content (AvgIpc) is 2.31. The molecule has 1 aliphatic carbocycles. The van der Waals surface area contributed by atoms with Gasteiger partial charge >= 0.3 is 0 Å². The average molecular weight is 246 g/mol. The third-order valence-corrected chi connectivity index (χ3v) is 2.82. The van der Waals surface area contributed by atoms with Crippen LogP contribution in [0.15, 0.2) is 30.3 Å². The van der Waals surface area contributed by atoms with Crippen LogP contribution in [-0.2, 0) is 20.2 Å². The van der Waals surface area contributed by atoms with E-state index in [-0.39, 0.29) is 5.78 Å². The van der Waals surface area contributed by atoms with E-state index < -0.39 is 11.2 Å². The topological polar surface area (TPSA) is 35.5 Å². The van der Waals surface area contributed by atoms with Gasteiger partial charge in [-0.05, 0) is 39.3 Å². The Bertz CT molecular complexity index is 497. The third kappa shape index (κ3) is 2.37. The van der Waals surface area contributed by atoms with E-state index in [2.05, 4.69) is 0 Å². The predicted molar refractivity (Wildman–Crippen MR) is 69.8 cm³/mol. The first-order valence-electron chi connectivity index (χ1n) is 6.02. The van der Waals surface area contributed by atoms with Gasteiger partial charge in [0.1, 0.15) is 0 Å². The minimum atomic E-state index is -1.07. The molecule has 0 saturated carbocycles. The highest BCUT2D eigenvalue weighted by molar-refractivity contribution is 6.03. The van der Waals surface area contributed by atoms with Crippen LogP contribution in [0.2, 0.25) is 0 Å². The Morgan fingerprint density at radius 2 is 1.78 bits per heavy atom. The molecular weight excluding hydrogens is 228 g/mol.